The molecule has 1 heterocycles. The van der Waals surface area contributed by atoms with Crippen molar-refractivity contribution in [2.45, 2.75) is 32.6 Å². The van der Waals surface area contributed by atoms with E-state index in [4.69, 9.17) is 0 Å². The van der Waals surface area contributed by atoms with Gasteiger partial charge >= 0.3 is 0 Å². The summed E-state index contributed by atoms with van der Waals surface area (Å²) in [4.78, 5) is 12.7. The van der Waals surface area contributed by atoms with E-state index in [1.54, 1.807) is 30.3 Å². The molecule has 0 spiro atoms. The average molecular weight is 388 g/mol. The number of amides is 1. The molecule has 7 heteroatoms. The summed E-state index contributed by atoms with van der Waals surface area (Å²) in [6.45, 7) is 6.55. The first-order valence-electron chi connectivity index (χ1n) is 8.72. The molecule has 3 rings (SSSR count). The molecule has 0 fully saturated rings. The lowest BCUT2D eigenvalue weighted by Crippen LogP contribution is -2.27. The van der Waals surface area contributed by atoms with Crippen LogP contribution in [0, 0.1) is 0 Å². The fourth-order valence-electron chi connectivity index (χ4n) is 3.15. The first-order chi connectivity index (χ1) is 12.5. The molecule has 0 saturated carbocycles. The number of sulfonamides is 1. The monoisotopic (exact) mass is 388 g/mol. The van der Waals surface area contributed by atoms with E-state index in [1.165, 1.54) is 10.6 Å². The number of phenols is 1. The van der Waals surface area contributed by atoms with Crippen molar-refractivity contribution >= 4 is 27.3 Å². The molecule has 1 amide bonds. The van der Waals surface area contributed by atoms with Gasteiger partial charge in [0, 0.05) is 12.1 Å². The Bertz CT molecular complexity index is 1010. The molecule has 2 aromatic carbocycles. The van der Waals surface area contributed by atoms with E-state index in [9.17, 15) is 18.3 Å². The van der Waals surface area contributed by atoms with E-state index in [2.05, 4.69) is 26.1 Å². The van der Waals surface area contributed by atoms with Crippen molar-refractivity contribution in [3.8, 4) is 5.75 Å². The van der Waals surface area contributed by atoms with Crippen LogP contribution in [0.2, 0.25) is 0 Å². The fourth-order valence-corrected chi connectivity index (χ4v) is 4.11. The Morgan fingerprint density at radius 2 is 1.85 bits per heavy atom. The molecular formula is C20H24N2O4S. The third-order valence-corrected chi connectivity index (χ3v) is 5.89. The van der Waals surface area contributed by atoms with Crippen molar-refractivity contribution in [1.82, 2.24) is 0 Å². The number of aromatic hydroxyl groups is 1. The molecule has 2 aromatic rings. The van der Waals surface area contributed by atoms with Crippen LogP contribution in [-0.4, -0.2) is 32.2 Å². The number of hydrogen-bond acceptors (Lipinski definition) is 4. The van der Waals surface area contributed by atoms with Crippen LogP contribution in [0.15, 0.2) is 36.4 Å². The van der Waals surface area contributed by atoms with Gasteiger partial charge in [0.2, 0.25) is 10.0 Å². The Balaban J connectivity index is 1.86. The molecule has 1 aliphatic heterocycles. The highest BCUT2D eigenvalue weighted by molar-refractivity contribution is 7.92. The summed E-state index contributed by atoms with van der Waals surface area (Å²) in [6.07, 6.45) is 1.74. The minimum Gasteiger partial charge on any atom is -0.506 e. The average Bonchev–Trinajstić information content (AvgIpc) is 2.99. The molecule has 0 unspecified atom stereocenters. The minimum absolute atomic E-state index is 0.000705. The first kappa shape index (κ1) is 19.2. The van der Waals surface area contributed by atoms with E-state index < -0.39 is 10.0 Å². The maximum Gasteiger partial charge on any atom is 0.255 e. The Labute approximate surface area is 159 Å². The molecule has 0 aliphatic carbocycles. The van der Waals surface area contributed by atoms with Gasteiger partial charge in [-0.3, -0.25) is 9.10 Å². The normalized spacial score (nSPS) is 14.1. The van der Waals surface area contributed by atoms with Crippen LogP contribution in [0.4, 0.5) is 11.4 Å². The van der Waals surface area contributed by atoms with Gasteiger partial charge in [0.25, 0.3) is 5.91 Å². The van der Waals surface area contributed by atoms with E-state index >= 15 is 0 Å². The number of carbonyl (C=O) groups is 1. The van der Waals surface area contributed by atoms with Gasteiger partial charge in [-0.15, -0.1) is 0 Å². The lowest BCUT2D eigenvalue weighted by molar-refractivity contribution is 0.102. The molecule has 0 saturated heterocycles. The van der Waals surface area contributed by atoms with Gasteiger partial charge in [0.15, 0.2) is 0 Å². The van der Waals surface area contributed by atoms with Gasteiger partial charge in [0.05, 0.1) is 17.6 Å². The number of nitrogens with zero attached hydrogens (tertiary/aromatic N) is 1. The second kappa shape index (κ2) is 6.56. The summed E-state index contributed by atoms with van der Waals surface area (Å²) in [6, 6.07) is 10.1. The molecule has 1 aliphatic rings. The summed E-state index contributed by atoms with van der Waals surface area (Å²) in [5, 5.41) is 12.8. The van der Waals surface area contributed by atoms with Crippen molar-refractivity contribution < 1.29 is 18.3 Å². The lowest BCUT2D eigenvalue weighted by Gasteiger charge is -2.20. The largest absolute Gasteiger partial charge is 0.506 e. The summed E-state index contributed by atoms with van der Waals surface area (Å²) in [5.74, 6) is -0.349. The van der Waals surface area contributed by atoms with Crippen LogP contribution in [0.5, 0.6) is 5.75 Å². The first-order valence-corrected chi connectivity index (χ1v) is 10.6. The predicted octanol–water partition coefficient (Wildman–Crippen LogP) is 3.26. The summed E-state index contributed by atoms with van der Waals surface area (Å²) < 4.78 is 25.0. The van der Waals surface area contributed by atoms with Gasteiger partial charge < -0.3 is 10.4 Å². The van der Waals surface area contributed by atoms with Crippen molar-refractivity contribution in [3.63, 3.8) is 0 Å². The Hall–Kier alpha value is -2.54. The fraction of sp³-hybridized carbons (Fsp3) is 0.350. The summed E-state index contributed by atoms with van der Waals surface area (Å²) in [7, 11) is -3.32. The maximum absolute atomic E-state index is 12.7. The smallest absolute Gasteiger partial charge is 0.255 e. The second-order valence-corrected chi connectivity index (χ2v) is 9.77. The van der Waals surface area contributed by atoms with Crippen LogP contribution < -0.4 is 9.62 Å². The highest BCUT2D eigenvalue weighted by atomic mass is 32.2. The van der Waals surface area contributed by atoms with Gasteiger partial charge in [-0.25, -0.2) is 8.42 Å². The number of anilines is 2. The molecule has 0 aromatic heterocycles. The number of carbonyl (C=O) groups excluding carboxylic acids is 1. The lowest BCUT2D eigenvalue weighted by atomic mass is 9.87. The van der Waals surface area contributed by atoms with Crippen LogP contribution in [0.1, 0.15) is 42.3 Å². The molecule has 144 valence electrons. The molecule has 27 heavy (non-hydrogen) atoms. The predicted molar refractivity (Wildman–Crippen MR) is 107 cm³/mol. The van der Waals surface area contributed by atoms with Crippen LogP contribution >= 0.6 is 0 Å². The topological polar surface area (TPSA) is 86.7 Å². The maximum atomic E-state index is 12.7. The molecule has 0 radical (unpaired) electrons. The molecular weight excluding hydrogens is 364 g/mol. The van der Waals surface area contributed by atoms with E-state index in [-0.39, 0.29) is 17.1 Å². The highest BCUT2D eigenvalue weighted by Gasteiger charge is 2.27. The van der Waals surface area contributed by atoms with E-state index in [0.29, 0.717) is 29.9 Å². The highest BCUT2D eigenvalue weighted by Crippen LogP contribution is 2.33. The second-order valence-electron chi connectivity index (χ2n) is 7.86. The van der Waals surface area contributed by atoms with Crippen molar-refractivity contribution in [3.05, 3.63) is 53.1 Å². The number of rotatable bonds is 3. The number of benzene rings is 2. The van der Waals surface area contributed by atoms with Crippen molar-refractivity contribution in [2.75, 3.05) is 22.4 Å². The van der Waals surface area contributed by atoms with Crippen molar-refractivity contribution in [1.29, 1.82) is 0 Å². The zero-order chi connectivity index (χ0) is 20.0. The number of hydrogen-bond donors (Lipinski definition) is 2. The minimum atomic E-state index is -3.32. The van der Waals surface area contributed by atoms with E-state index in [0.717, 1.165) is 11.1 Å². The zero-order valence-corrected chi connectivity index (χ0v) is 16.7. The van der Waals surface area contributed by atoms with Gasteiger partial charge in [0.1, 0.15) is 5.75 Å². The third-order valence-electron chi connectivity index (χ3n) is 4.71. The zero-order valence-electron chi connectivity index (χ0n) is 15.9. The quantitative estimate of drug-likeness (QED) is 0.790. The Morgan fingerprint density at radius 3 is 2.48 bits per heavy atom. The van der Waals surface area contributed by atoms with Crippen LogP contribution in [0.3, 0.4) is 0 Å². The molecule has 0 atom stereocenters. The number of nitrogens with one attached hydrogen (secondary N) is 1. The number of fused-ring (bicyclic) bond motifs is 1. The van der Waals surface area contributed by atoms with Gasteiger partial charge in [-0.05, 0) is 53.3 Å². The molecule has 0 bridgehead atoms. The van der Waals surface area contributed by atoms with Crippen LogP contribution in [0.25, 0.3) is 0 Å². The summed E-state index contributed by atoms with van der Waals surface area (Å²) in [5.41, 5.74) is 3.09. The van der Waals surface area contributed by atoms with Crippen LogP contribution in [-0.2, 0) is 21.9 Å². The molecule has 6 nitrogen and oxygen atoms in total. The standard InChI is InChI=1S/C20H24N2O4S/c1-20(2,3)15-6-8-18(23)16(12-15)21-19(24)14-5-7-17-13(11-14)9-10-22(17)27(4,25)26/h5-8,11-12,23H,9-10H2,1-4H3,(H,21,24). The Kier molecular flexibility index (Phi) is 4.67. The Morgan fingerprint density at radius 1 is 1.15 bits per heavy atom. The van der Waals surface area contributed by atoms with E-state index in [1.807, 2.05) is 6.07 Å². The van der Waals surface area contributed by atoms with Gasteiger partial charge in [-0.2, -0.15) is 0 Å². The molecule has 2 N–H and O–H groups in total. The SMILES string of the molecule is CC(C)(C)c1ccc(O)c(NC(=O)c2ccc3c(c2)CCN3S(C)(=O)=O)c1. The third kappa shape index (κ3) is 3.93. The van der Waals surface area contributed by atoms with Gasteiger partial charge in [-0.1, -0.05) is 26.8 Å². The summed E-state index contributed by atoms with van der Waals surface area (Å²) >= 11 is 0. The van der Waals surface area contributed by atoms with Crippen molar-refractivity contribution in [2.24, 2.45) is 0 Å². The number of phenolic OH excluding ortho intramolecular Hbond substituents is 1.